The number of hydrogen-bond acceptors (Lipinski definition) is 5. The Bertz CT molecular complexity index is 918. The van der Waals surface area contributed by atoms with Crippen molar-refractivity contribution in [2.75, 3.05) is 11.9 Å². The fraction of sp³-hybridized carbons (Fsp3) is 0.522. The van der Waals surface area contributed by atoms with Crippen LogP contribution in [0.5, 0.6) is 0 Å². The van der Waals surface area contributed by atoms with Gasteiger partial charge in [0.1, 0.15) is 5.84 Å². The van der Waals surface area contributed by atoms with E-state index in [1.807, 2.05) is 0 Å². The maximum atomic E-state index is 12.7. The van der Waals surface area contributed by atoms with E-state index in [2.05, 4.69) is 22.0 Å². The molecule has 1 amide bonds. The second kappa shape index (κ2) is 10.7. The summed E-state index contributed by atoms with van der Waals surface area (Å²) in [5.41, 5.74) is 4.66. The maximum absolute atomic E-state index is 12.7. The van der Waals surface area contributed by atoms with E-state index in [9.17, 15) is 23.2 Å². The highest BCUT2D eigenvalue weighted by Gasteiger charge is 2.31. The van der Waals surface area contributed by atoms with E-state index < -0.39 is 17.6 Å². The summed E-state index contributed by atoms with van der Waals surface area (Å²) in [5.74, 6) is -0.735. The maximum Gasteiger partial charge on any atom is 0.416 e. The molecule has 0 aliphatic heterocycles. The number of nitrogens with one attached hydrogen (secondary N) is 4. The van der Waals surface area contributed by atoms with Gasteiger partial charge < -0.3 is 21.7 Å². The summed E-state index contributed by atoms with van der Waals surface area (Å²) in [4.78, 5) is 11.9. The Morgan fingerprint density at radius 1 is 1.21 bits per heavy atom. The lowest BCUT2D eigenvalue weighted by Crippen LogP contribution is -2.46. The molecular weight excluding hydrogens is 433 g/mol. The first-order valence-corrected chi connectivity index (χ1v) is 11.1. The van der Waals surface area contributed by atoms with Crippen LogP contribution in [0.1, 0.15) is 44.1 Å². The number of carbonyl (C=O) groups excluding carboxylic acids is 1. The Balaban J connectivity index is 1.57. The first-order chi connectivity index (χ1) is 15.7. The van der Waals surface area contributed by atoms with Crippen molar-refractivity contribution in [1.82, 2.24) is 10.6 Å². The van der Waals surface area contributed by atoms with Gasteiger partial charge in [-0.25, -0.2) is 0 Å². The third-order valence-electron chi connectivity index (χ3n) is 6.39. The van der Waals surface area contributed by atoms with Crippen LogP contribution < -0.4 is 21.7 Å². The van der Waals surface area contributed by atoms with E-state index in [4.69, 9.17) is 11.1 Å². The molecule has 7 nitrogen and oxygen atoms in total. The van der Waals surface area contributed by atoms with Crippen molar-refractivity contribution in [3.05, 3.63) is 41.6 Å². The molecule has 0 aromatic heterocycles. The second-order valence-electron chi connectivity index (χ2n) is 8.72. The van der Waals surface area contributed by atoms with Gasteiger partial charge in [-0.3, -0.25) is 10.2 Å². The number of nitrogens with two attached hydrogens (primary N) is 1. The molecule has 0 bridgehead atoms. The van der Waals surface area contributed by atoms with Gasteiger partial charge in [-0.15, -0.1) is 0 Å². The van der Waals surface area contributed by atoms with Crippen LogP contribution in [-0.4, -0.2) is 30.4 Å². The van der Waals surface area contributed by atoms with Gasteiger partial charge in [-0.05, 0) is 68.8 Å². The lowest BCUT2D eigenvalue weighted by atomic mass is 9.81. The zero-order valence-electron chi connectivity index (χ0n) is 18.2. The fourth-order valence-corrected chi connectivity index (χ4v) is 4.14. The van der Waals surface area contributed by atoms with Crippen molar-refractivity contribution in [3.63, 3.8) is 0 Å². The molecule has 10 heteroatoms. The lowest BCUT2D eigenvalue weighted by molar-refractivity contribution is -0.137. The van der Waals surface area contributed by atoms with Crippen LogP contribution in [0.3, 0.4) is 0 Å². The normalized spacial score (nSPS) is 23.8. The van der Waals surface area contributed by atoms with Gasteiger partial charge in [0.15, 0.2) is 0 Å². The SMILES string of the molecule is N#CC1C[C@@H](NCC2CCC2)CC[C@H]1N/C=C(\C(=N)Nc1ccc(C(F)(F)F)cc1)C(N)=O. The number of anilines is 1. The van der Waals surface area contributed by atoms with Gasteiger partial charge in [0.05, 0.1) is 23.1 Å². The topological polar surface area (TPSA) is 127 Å². The Kier molecular flexibility index (Phi) is 7.97. The van der Waals surface area contributed by atoms with Gasteiger partial charge in [0, 0.05) is 24.0 Å². The Morgan fingerprint density at radius 3 is 2.45 bits per heavy atom. The molecule has 0 saturated heterocycles. The average molecular weight is 463 g/mol. The smallest absolute Gasteiger partial charge is 0.386 e. The number of primary amides is 1. The summed E-state index contributed by atoms with van der Waals surface area (Å²) in [6.07, 6.45) is 2.99. The first-order valence-electron chi connectivity index (χ1n) is 11.1. The van der Waals surface area contributed by atoms with Crippen molar-refractivity contribution in [2.24, 2.45) is 17.6 Å². The number of benzene rings is 1. The molecule has 6 N–H and O–H groups in total. The Hall–Kier alpha value is -3.06. The molecule has 33 heavy (non-hydrogen) atoms. The number of halogens is 3. The standard InChI is InChI=1S/C23H29F3N6O/c24-23(25,26)16-4-6-17(7-5-16)32-21(28)19(22(29)33)13-31-20-9-8-18(10-15(20)11-27)30-12-14-2-1-3-14/h4-7,13-15,18,20,30-31H,1-3,8-10,12H2,(H2,28,32)(H2,29,33)/b19-13+/t15?,18-,20+/m0/s1. The molecule has 0 spiro atoms. The molecule has 1 unspecified atom stereocenters. The predicted octanol–water partition coefficient (Wildman–Crippen LogP) is 3.50. The number of alkyl halides is 3. The van der Waals surface area contributed by atoms with Crippen LogP contribution in [-0.2, 0) is 11.0 Å². The number of rotatable bonds is 8. The molecule has 178 valence electrons. The molecular formula is C23H29F3N6O. The van der Waals surface area contributed by atoms with Gasteiger partial charge >= 0.3 is 6.18 Å². The number of nitriles is 1. The van der Waals surface area contributed by atoms with Crippen molar-refractivity contribution in [2.45, 2.75) is 56.8 Å². The van der Waals surface area contributed by atoms with Crippen molar-refractivity contribution < 1.29 is 18.0 Å². The van der Waals surface area contributed by atoms with E-state index >= 15 is 0 Å². The molecule has 1 aromatic carbocycles. The fourth-order valence-electron chi connectivity index (χ4n) is 4.14. The average Bonchev–Trinajstić information content (AvgIpc) is 2.72. The molecule has 1 aromatic rings. The summed E-state index contributed by atoms with van der Waals surface area (Å²) in [6, 6.07) is 6.54. The van der Waals surface area contributed by atoms with Gasteiger partial charge in [0.2, 0.25) is 0 Å². The van der Waals surface area contributed by atoms with Crippen LogP contribution >= 0.6 is 0 Å². The number of amidine groups is 1. The molecule has 2 aliphatic carbocycles. The Labute approximate surface area is 191 Å². The van der Waals surface area contributed by atoms with Gasteiger partial charge in [-0.1, -0.05) is 6.42 Å². The van der Waals surface area contributed by atoms with Crippen molar-refractivity contribution >= 4 is 17.4 Å². The molecule has 2 fully saturated rings. The molecule has 0 radical (unpaired) electrons. The minimum Gasteiger partial charge on any atom is -0.386 e. The number of nitrogens with zero attached hydrogens (tertiary/aromatic N) is 1. The molecule has 0 heterocycles. The zero-order chi connectivity index (χ0) is 24.0. The number of amides is 1. The monoisotopic (exact) mass is 462 g/mol. The van der Waals surface area contributed by atoms with Crippen LogP contribution in [0.15, 0.2) is 36.0 Å². The number of carbonyl (C=O) groups is 1. The van der Waals surface area contributed by atoms with Gasteiger partial charge in [0.25, 0.3) is 5.91 Å². The van der Waals surface area contributed by atoms with E-state index in [0.717, 1.165) is 37.4 Å². The first kappa shape index (κ1) is 24.6. The summed E-state index contributed by atoms with van der Waals surface area (Å²) >= 11 is 0. The van der Waals surface area contributed by atoms with E-state index in [1.54, 1.807) is 0 Å². The molecule has 2 saturated carbocycles. The van der Waals surface area contributed by atoms with Crippen LogP contribution in [0.4, 0.5) is 18.9 Å². The Morgan fingerprint density at radius 2 is 1.91 bits per heavy atom. The third-order valence-corrected chi connectivity index (χ3v) is 6.39. The number of hydrogen-bond donors (Lipinski definition) is 5. The summed E-state index contributed by atoms with van der Waals surface area (Å²) in [6.45, 7) is 0.986. The highest BCUT2D eigenvalue weighted by molar-refractivity contribution is 6.23. The second-order valence-corrected chi connectivity index (χ2v) is 8.72. The van der Waals surface area contributed by atoms with Crippen molar-refractivity contribution in [1.29, 1.82) is 10.7 Å². The largest absolute Gasteiger partial charge is 0.416 e. The minimum atomic E-state index is -4.46. The molecule has 2 aliphatic rings. The van der Waals surface area contributed by atoms with E-state index in [0.29, 0.717) is 6.42 Å². The highest BCUT2D eigenvalue weighted by atomic mass is 19.4. The zero-order valence-corrected chi connectivity index (χ0v) is 18.2. The lowest BCUT2D eigenvalue weighted by Gasteiger charge is -2.35. The highest BCUT2D eigenvalue weighted by Crippen LogP contribution is 2.30. The van der Waals surface area contributed by atoms with E-state index in [1.165, 1.54) is 37.6 Å². The summed E-state index contributed by atoms with van der Waals surface area (Å²) < 4.78 is 38.1. The van der Waals surface area contributed by atoms with Gasteiger partial charge in [-0.2, -0.15) is 18.4 Å². The minimum absolute atomic E-state index is 0.156. The third kappa shape index (κ3) is 6.71. The molecule has 3 rings (SSSR count). The molecule has 3 atom stereocenters. The predicted molar refractivity (Wildman–Crippen MR) is 119 cm³/mol. The van der Waals surface area contributed by atoms with Crippen LogP contribution in [0, 0.1) is 28.6 Å². The van der Waals surface area contributed by atoms with E-state index in [-0.39, 0.29) is 35.1 Å². The quantitative estimate of drug-likeness (QED) is 0.230. The van der Waals surface area contributed by atoms with Crippen molar-refractivity contribution in [3.8, 4) is 6.07 Å². The summed E-state index contributed by atoms with van der Waals surface area (Å²) in [7, 11) is 0. The van der Waals surface area contributed by atoms with Crippen LogP contribution in [0.25, 0.3) is 0 Å². The van der Waals surface area contributed by atoms with Crippen LogP contribution in [0.2, 0.25) is 0 Å². The summed E-state index contributed by atoms with van der Waals surface area (Å²) in [5, 5.41) is 27.0.